The first-order valence-electron chi connectivity index (χ1n) is 6.02. The number of rotatable bonds is 2. The number of pyridine rings is 1. The Morgan fingerprint density at radius 1 is 0.889 bits per heavy atom. The van der Waals surface area contributed by atoms with E-state index in [2.05, 4.69) is 24.3 Å². The molecule has 18 heavy (non-hydrogen) atoms. The Hall–Kier alpha value is -2.19. The van der Waals surface area contributed by atoms with Gasteiger partial charge in [-0.25, -0.2) is 4.98 Å². The molecule has 0 atom stereocenters. The smallest absolute Gasteiger partial charge is 0.0754 e. The molecular formula is C16H14N2. The molecule has 1 heterocycles. The van der Waals surface area contributed by atoms with E-state index in [-0.39, 0.29) is 0 Å². The summed E-state index contributed by atoms with van der Waals surface area (Å²) in [5, 5.41) is 1.14. The van der Waals surface area contributed by atoms with Crippen LogP contribution in [0.15, 0.2) is 60.7 Å². The number of nitrogens with zero attached hydrogens (tertiary/aromatic N) is 1. The SMILES string of the molecule is NCc1cc2ccccc2nc1-c1ccccc1. The maximum Gasteiger partial charge on any atom is 0.0754 e. The van der Waals surface area contributed by atoms with E-state index in [1.165, 1.54) is 0 Å². The summed E-state index contributed by atoms with van der Waals surface area (Å²) < 4.78 is 0. The Balaban J connectivity index is 2.27. The standard InChI is InChI=1S/C16H14N2/c17-11-14-10-13-8-4-5-9-15(13)18-16(14)12-6-2-1-3-7-12/h1-10H,11,17H2. The largest absolute Gasteiger partial charge is 0.326 e. The molecule has 0 unspecified atom stereocenters. The van der Waals surface area contributed by atoms with E-state index in [1.807, 2.05) is 36.4 Å². The van der Waals surface area contributed by atoms with Gasteiger partial charge in [-0.2, -0.15) is 0 Å². The third-order valence-corrected chi connectivity index (χ3v) is 3.07. The second kappa shape index (κ2) is 4.59. The molecule has 88 valence electrons. The van der Waals surface area contributed by atoms with Crippen LogP contribution in [-0.4, -0.2) is 4.98 Å². The summed E-state index contributed by atoms with van der Waals surface area (Å²) in [4.78, 5) is 4.74. The van der Waals surface area contributed by atoms with Gasteiger partial charge in [-0.15, -0.1) is 0 Å². The zero-order valence-electron chi connectivity index (χ0n) is 10.0. The predicted octanol–water partition coefficient (Wildman–Crippen LogP) is 3.36. The highest BCUT2D eigenvalue weighted by Gasteiger charge is 2.07. The van der Waals surface area contributed by atoms with Crippen molar-refractivity contribution in [2.75, 3.05) is 0 Å². The molecule has 2 N–H and O–H groups in total. The average molecular weight is 234 g/mol. The van der Waals surface area contributed by atoms with Crippen molar-refractivity contribution in [3.8, 4) is 11.3 Å². The summed E-state index contributed by atoms with van der Waals surface area (Å²) in [5.41, 5.74) is 10.0. The Morgan fingerprint density at radius 3 is 2.39 bits per heavy atom. The summed E-state index contributed by atoms with van der Waals surface area (Å²) in [6.45, 7) is 0.502. The number of aromatic nitrogens is 1. The minimum Gasteiger partial charge on any atom is -0.326 e. The fourth-order valence-electron chi connectivity index (χ4n) is 2.16. The summed E-state index contributed by atoms with van der Waals surface area (Å²) in [5.74, 6) is 0. The normalized spacial score (nSPS) is 10.7. The summed E-state index contributed by atoms with van der Waals surface area (Å²) in [7, 11) is 0. The molecule has 3 aromatic rings. The molecule has 0 saturated heterocycles. The number of hydrogen-bond donors (Lipinski definition) is 1. The number of fused-ring (bicyclic) bond motifs is 1. The first-order valence-corrected chi connectivity index (χ1v) is 6.02. The Kier molecular flexibility index (Phi) is 2.79. The van der Waals surface area contributed by atoms with Crippen molar-refractivity contribution in [3.63, 3.8) is 0 Å². The zero-order chi connectivity index (χ0) is 12.4. The van der Waals surface area contributed by atoms with E-state index < -0.39 is 0 Å². The Labute approximate surface area is 106 Å². The molecule has 0 spiro atoms. The van der Waals surface area contributed by atoms with Crippen LogP contribution in [0.5, 0.6) is 0 Å². The lowest BCUT2D eigenvalue weighted by Gasteiger charge is -2.09. The van der Waals surface area contributed by atoms with Crippen molar-refractivity contribution in [3.05, 3.63) is 66.2 Å². The fraction of sp³-hybridized carbons (Fsp3) is 0.0625. The average Bonchev–Trinajstić information content (AvgIpc) is 2.46. The molecule has 2 aromatic carbocycles. The second-order valence-electron chi connectivity index (χ2n) is 4.26. The lowest BCUT2D eigenvalue weighted by atomic mass is 10.0. The highest BCUT2D eigenvalue weighted by Crippen LogP contribution is 2.25. The van der Waals surface area contributed by atoms with Gasteiger partial charge in [-0.3, -0.25) is 0 Å². The highest BCUT2D eigenvalue weighted by atomic mass is 14.7. The van der Waals surface area contributed by atoms with Crippen LogP contribution in [0, 0.1) is 0 Å². The van der Waals surface area contributed by atoms with E-state index in [1.54, 1.807) is 0 Å². The van der Waals surface area contributed by atoms with Crippen LogP contribution >= 0.6 is 0 Å². The molecule has 0 radical (unpaired) electrons. The van der Waals surface area contributed by atoms with Crippen LogP contribution in [-0.2, 0) is 6.54 Å². The van der Waals surface area contributed by atoms with E-state index in [0.717, 1.165) is 27.7 Å². The molecule has 0 aliphatic rings. The summed E-state index contributed by atoms with van der Waals surface area (Å²) in [6, 6.07) is 20.4. The molecule has 1 aromatic heterocycles. The van der Waals surface area contributed by atoms with Gasteiger partial charge < -0.3 is 5.73 Å². The third-order valence-electron chi connectivity index (χ3n) is 3.07. The van der Waals surface area contributed by atoms with E-state index in [4.69, 9.17) is 10.7 Å². The third kappa shape index (κ3) is 1.87. The van der Waals surface area contributed by atoms with Gasteiger partial charge in [-0.1, -0.05) is 48.5 Å². The van der Waals surface area contributed by atoms with Crippen LogP contribution in [0.2, 0.25) is 0 Å². The Morgan fingerprint density at radius 2 is 1.61 bits per heavy atom. The van der Waals surface area contributed by atoms with Gasteiger partial charge >= 0.3 is 0 Å². The van der Waals surface area contributed by atoms with Gasteiger partial charge in [0.25, 0.3) is 0 Å². The molecule has 0 aliphatic carbocycles. The van der Waals surface area contributed by atoms with Crippen LogP contribution < -0.4 is 5.73 Å². The Bertz CT molecular complexity index is 675. The van der Waals surface area contributed by atoms with Crippen LogP contribution in [0.4, 0.5) is 0 Å². The van der Waals surface area contributed by atoms with Crippen molar-refractivity contribution in [1.29, 1.82) is 0 Å². The molecule has 0 saturated carbocycles. The summed E-state index contributed by atoms with van der Waals surface area (Å²) in [6.07, 6.45) is 0. The van der Waals surface area contributed by atoms with E-state index in [0.29, 0.717) is 6.54 Å². The molecular weight excluding hydrogens is 220 g/mol. The van der Waals surface area contributed by atoms with Crippen molar-refractivity contribution in [2.45, 2.75) is 6.54 Å². The molecule has 0 bridgehead atoms. The second-order valence-corrected chi connectivity index (χ2v) is 4.26. The number of benzene rings is 2. The minimum absolute atomic E-state index is 0.502. The first-order chi connectivity index (χ1) is 8.88. The number of hydrogen-bond acceptors (Lipinski definition) is 2. The van der Waals surface area contributed by atoms with Crippen molar-refractivity contribution < 1.29 is 0 Å². The summed E-state index contributed by atoms with van der Waals surface area (Å²) >= 11 is 0. The van der Waals surface area contributed by atoms with Gasteiger partial charge in [-0.05, 0) is 17.7 Å². The van der Waals surface area contributed by atoms with Gasteiger partial charge in [0.15, 0.2) is 0 Å². The predicted molar refractivity (Wildman–Crippen MR) is 75.1 cm³/mol. The maximum absolute atomic E-state index is 5.84. The first kappa shape index (κ1) is 10.9. The minimum atomic E-state index is 0.502. The van der Waals surface area contributed by atoms with Crippen molar-refractivity contribution in [2.24, 2.45) is 5.73 Å². The van der Waals surface area contributed by atoms with Crippen molar-refractivity contribution in [1.82, 2.24) is 4.98 Å². The van der Waals surface area contributed by atoms with Gasteiger partial charge in [0, 0.05) is 17.5 Å². The van der Waals surface area contributed by atoms with Crippen LogP contribution in [0.1, 0.15) is 5.56 Å². The van der Waals surface area contributed by atoms with Gasteiger partial charge in [0.05, 0.1) is 11.2 Å². The number of nitrogens with two attached hydrogens (primary N) is 1. The zero-order valence-corrected chi connectivity index (χ0v) is 10.0. The van der Waals surface area contributed by atoms with Crippen LogP contribution in [0.25, 0.3) is 22.2 Å². The van der Waals surface area contributed by atoms with E-state index >= 15 is 0 Å². The topological polar surface area (TPSA) is 38.9 Å². The van der Waals surface area contributed by atoms with Gasteiger partial charge in [0.1, 0.15) is 0 Å². The molecule has 2 heteroatoms. The quantitative estimate of drug-likeness (QED) is 0.738. The maximum atomic E-state index is 5.84. The lowest BCUT2D eigenvalue weighted by Crippen LogP contribution is -2.01. The number of para-hydroxylation sites is 1. The molecule has 0 amide bonds. The molecule has 3 rings (SSSR count). The molecule has 0 fully saturated rings. The molecule has 2 nitrogen and oxygen atoms in total. The molecule has 0 aliphatic heterocycles. The monoisotopic (exact) mass is 234 g/mol. The van der Waals surface area contributed by atoms with Crippen molar-refractivity contribution >= 4 is 10.9 Å². The highest BCUT2D eigenvalue weighted by molar-refractivity contribution is 5.83. The lowest BCUT2D eigenvalue weighted by molar-refractivity contribution is 1.06. The van der Waals surface area contributed by atoms with Crippen LogP contribution in [0.3, 0.4) is 0 Å². The van der Waals surface area contributed by atoms with Gasteiger partial charge in [0.2, 0.25) is 0 Å². The fourth-order valence-corrected chi connectivity index (χ4v) is 2.16. The van der Waals surface area contributed by atoms with E-state index in [9.17, 15) is 0 Å².